The van der Waals surface area contributed by atoms with Gasteiger partial charge in [-0.2, -0.15) is 0 Å². The van der Waals surface area contributed by atoms with Crippen molar-refractivity contribution >= 4 is 34.2 Å². The lowest BCUT2D eigenvalue weighted by molar-refractivity contribution is -0.123. The van der Waals surface area contributed by atoms with Crippen LogP contribution in [0.4, 0.5) is 0 Å². The van der Waals surface area contributed by atoms with Crippen molar-refractivity contribution in [2.75, 3.05) is 19.6 Å². The largest absolute Gasteiger partial charge is 0.348 e. The van der Waals surface area contributed by atoms with Crippen LogP contribution in [0.3, 0.4) is 0 Å². The molecular formula is C15H23BrClN3O. The van der Waals surface area contributed by atoms with Crippen LogP contribution in [0.5, 0.6) is 0 Å². The van der Waals surface area contributed by atoms with Gasteiger partial charge in [0.2, 0.25) is 5.91 Å². The van der Waals surface area contributed by atoms with Crippen molar-refractivity contribution in [2.45, 2.75) is 31.8 Å². The third-order valence-electron chi connectivity index (χ3n) is 3.66. The van der Waals surface area contributed by atoms with E-state index in [1.807, 2.05) is 31.2 Å². The molecule has 6 heteroatoms. The Morgan fingerprint density at radius 3 is 2.76 bits per heavy atom. The molecule has 1 aromatic carbocycles. The molecule has 1 aliphatic rings. The standard InChI is InChI=1S/C15H22BrN3O.ClH/c1-11(12-4-6-13(16)7-5-12)18-15(20)10-19-8-2-3-14(17)9-19;/h4-7,11,14H,2-3,8-10,17H2,1H3,(H,18,20);1H. The maximum Gasteiger partial charge on any atom is 0.234 e. The maximum atomic E-state index is 12.1. The molecule has 0 spiro atoms. The first-order chi connectivity index (χ1) is 9.54. The molecule has 2 rings (SSSR count). The van der Waals surface area contributed by atoms with Crippen molar-refractivity contribution in [1.82, 2.24) is 10.2 Å². The summed E-state index contributed by atoms with van der Waals surface area (Å²) in [4.78, 5) is 14.2. The van der Waals surface area contributed by atoms with Crippen molar-refractivity contribution in [3.63, 3.8) is 0 Å². The van der Waals surface area contributed by atoms with Crippen LogP contribution in [0.2, 0.25) is 0 Å². The molecule has 4 nitrogen and oxygen atoms in total. The molecule has 1 amide bonds. The molecule has 3 N–H and O–H groups in total. The van der Waals surface area contributed by atoms with Gasteiger partial charge < -0.3 is 11.1 Å². The zero-order valence-corrected chi connectivity index (χ0v) is 14.6. The van der Waals surface area contributed by atoms with Gasteiger partial charge >= 0.3 is 0 Å². The number of amides is 1. The van der Waals surface area contributed by atoms with E-state index in [0.717, 1.165) is 36.0 Å². The molecule has 2 atom stereocenters. The summed E-state index contributed by atoms with van der Waals surface area (Å²) in [7, 11) is 0. The maximum absolute atomic E-state index is 12.1. The number of piperidine rings is 1. The van der Waals surface area contributed by atoms with Gasteiger partial charge in [-0.25, -0.2) is 0 Å². The second kappa shape index (κ2) is 8.73. The van der Waals surface area contributed by atoms with Gasteiger partial charge in [-0.1, -0.05) is 28.1 Å². The molecule has 1 aliphatic heterocycles. The molecule has 1 aromatic rings. The molecule has 0 aromatic heterocycles. The van der Waals surface area contributed by atoms with Crippen LogP contribution in [0.1, 0.15) is 31.4 Å². The highest BCUT2D eigenvalue weighted by Crippen LogP contribution is 2.16. The average Bonchev–Trinajstić information content (AvgIpc) is 2.39. The molecule has 0 bridgehead atoms. The third kappa shape index (κ3) is 5.94. The fraction of sp³-hybridized carbons (Fsp3) is 0.533. The molecule has 118 valence electrons. The number of hydrogen-bond acceptors (Lipinski definition) is 3. The summed E-state index contributed by atoms with van der Waals surface area (Å²) >= 11 is 3.41. The van der Waals surface area contributed by atoms with Crippen LogP contribution in [0, 0.1) is 0 Å². The van der Waals surface area contributed by atoms with E-state index in [-0.39, 0.29) is 30.4 Å². The summed E-state index contributed by atoms with van der Waals surface area (Å²) in [6.45, 7) is 4.23. The van der Waals surface area contributed by atoms with Gasteiger partial charge in [0, 0.05) is 17.1 Å². The number of hydrogen-bond donors (Lipinski definition) is 2. The minimum absolute atomic E-state index is 0. The van der Waals surface area contributed by atoms with Gasteiger partial charge in [0.1, 0.15) is 0 Å². The van der Waals surface area contributed by atoms with Gasteiger partial charge in [-0.05, 0) is 44.0 Å². The van der Waals surface area contributed by atoms with E-state index in [9.17, 15) is 4.79 Å². The number of carbonyl (C=O) groups excluding carboxylic acids is 1. The Hall–Kier alpha value is -0.620. The normalized spacial score (nSPS) is 20.4. The second-order valence-electron chi connectivity index (χ2n) is 5.48. The topological polar surface area (TPSA) is 58.4 Å². The first-order valence-corrected chi connectivity index (χ1v) is 7.86. The molecule has 0 saturated carbocycles. The number of halogens is 2. The van der Waals surface area contributed by atoms with E-state index in [4.69, 9.17) is 5.73 Å². The summed E-state index contributed by atoms with van der Waals surface area (Å²) in [5.74, 6) is 0.0644. The number of carbonyl (C=O) groups is 1. The Morgan fingerprint density at radius 1 is 1.48 bits per heavy atom. The predicted molar refractivity (Wildman–Crippen MR) is 91.6 cm³/mol. The number of rotatable bonds is 4. The van der Waals surface area contributed by atoms with Gasteiger partial charge in [0.25, 0.3) is 0 Å². The Kier molecular flexibility index (Phi) is 7.66. The Morgan fingerprint density at radius 2 is 2.14 bits per heavy atom. The van der Waals surface area contributed by atoms with E-state index >= 15 is 0 Å². The van der Waals surface area contributed by atoms with Crippen LogP contribution in [0.15, 0.2) is 28.7 Å². The van der Waals surface area contributed by atoms with Crippen molar-refractivity contribution in [3.8, 4) is 0 Å². The first-order valence-electron chi connectivity index (χ1n) is 7.07. The molecule has 0 aliphatic carbocycles. The van der Waals surface area contributed by atoms with E-state index in [1.165, 1.54) is 0 Å². The smallest absolute Gasteiger partial charge is 0.234 e. The highest BCUT2D eigenvalue weighted by Gasteiger charge is 2.19. The van der Waals surface area contributed by atoms with Crippen LogP contribution in [0.25, 0.3) is 0 Å². The Bertz CT molecular complexity index is 455. The summed E-state index contributed by atoms with van der Waals surface area (Å²) in [6.07, 6.45) is 2.14. The van der Waals surface area contributed by atoms with Crippen LogP contribution < -0.4 is 11.1 Å². The van der Waals surface area contributed by atoms with Gasteiger partial charge in [-0.3, -0.25) is 9.69 Å². The highest BCUT2D eigenvalue weighted by atomic mass is 79.9. The number of nitrogens with two attached hydrogens (primary N) is 1. The zero-order chi connectivity index (χ0) is 14.5. The summed E-state index contributed by atoms with van der Waals surface area (Å²) in [6, 6.07) is 8.25. The van der Waals surface area contributed by atoms with Gasteiger partial charge in [0.15, 0.2) is 0 Å². The zero-order valence-electron chi connectivity index (χ0n) is 12.2. The summed E-state index contributed by atoms with van der Waals surface area (Å²) in [5.41, 5.74) is 7.04. The van der Waals surface area contributed by atoms with Crippen molar-refractivity contribution < 1.29 is 4.79 Å². The number of nitrogens with zero attached hydrogens (tertiary/aromatic N) is 1. The SMILES string of the molecule is CC(NC(=O)CN1CCCC(N)C1)c1ccc(Br)cc1.Cl. The molecule has 0 radical (unpaired) electrons. The summed E-state index contributed by atoms with van der Waals surface area (Å²) in [5, 5.41) is 3.04. The molecule has 21 heavy (non-hydrogen) atoms. The molecule has 1 saturated heterocycles. The first kappa shape index (κ1) is 18.4. The predicted octanol–water partition coefficient (Wildman–Crippen LogP) is 2.47. The van der Waals surface area contributed by atoms with Gasteiger partial charge in [0.05, 0.1) is 12.6 Å². The monoisotopic (exact) mass is 375 g/mol. The fourth-order valence-corrected chi connectivity index (χ4v) is 2.82. The lowest BCUT2D eigenvalue weighted by atomic mass is 10.1. The van der Waals surface area contributed by atoms with Crippen LogP contribution >= 0.6 is 28.3 Å². The van der Waals surface area contributed by atoms with Crippen molar-refractivity contribution in [2.24, 2.45) is 5.73 Å². The Labute approximate surface area is 141 Å². The van der Waals surface area contributed by atoms with Crippen molar-refractivity contribution in [3.05, 3.63) is 34.3 Å². The van der Waals surface area contributed by atoms with E-state index in [1.54, 1.807) is 0 Å². The number of likely N-dealkylation sites (tertiary alicyclic amines) is 1. The lowest BCUT2D eigenvalue weighted by Crippen LogP contribution is -2.47. The van der Waals surface area contributed by atoms with E-state index in [2.05, 4.69) is 26.1 Å². The average molecular weight is 377 g/mol. The molecule has 1 fully saturated rings. The van der Waals surface area contributed by atoms with Crippen LogP contribution in [-0.4, -0.2) is 36.5 Å². The summed E-state index contributed by atoms with van der Waals surface area (Å²) < 4.78 is 1.04. The quantitative estimate of drug-likeness (QED) is 0.849. The minimum atomic E-state index is 0. The van der Waals surface area contributed by atoms with Crippen molar-refractivity contribution in [1.29, 1.82) is 0 Å². The molecule has 1 heterocycles. The van der Waals surface area contributed by atoms with Crippen LogP contribution in [-0.2, 0) is 4.79 Å². The van der Waals surface area contributed by atoms with Gasteiger partial charge in [-0.15, -0.1) is 12.4 Å². The van der Waals surface area contributed by atoms with E-state index < -0.39 is 0 Å². The third-order valence-corrected chi connectivity index (χ3v) is 4.19. The molecule has 2 unspecified atom stereocenters. The second-order valence-corrected chi connectivity index (χ2v) is 6.39. The highest BCUT2D eigenvalue weighted by molar-refractivity contribution is 9.10. The number of nitrogens with one attached hydrogen (secondary N) is 1. The molecular weight excluding hydrogens is 354 g/mol. The number of benzene rings is 1. The van der Waals surface area contributed by atoms with E-state index in [0.29, 0.717) is 6.54 Å². The lowest BCUT2D eigenvalue weighted by Gasteiger charge is -2.30. The fourth-order valence-electron chi connectivity index (χ4n) is 2.56. The minimum Gasteiger partial charge on any atom is -0.348 e. The Balaban J connectivity index is 0.00000220.